The van der Waals surface area contributed by atoms with Gasteiger partial charge in [-0.1, -0.05) is 6.92 Å². The summed E-state index contributed by atoms with van der Waals surface area (Å²) >= 11 is 0. The predicted molar refractivity (Wildman–Crippen MR) is 64.2 cm³/mol. The molecule has 0 aromatic heterocycles. The van der Waals surface area contributed by atoms with Crippen LogP contribution in [0, 0.1) is 11.3 Å². The Labute approximate surface area is 98.6 Å². The minimum absolute atomic E-state index is 0.370. The van der Waals surface area contributed by atoms with Gasteiger partial charge in [0.2, 0.25) is 0 Å². The molecule has 1 aliphatic heterocycles. The second-order valence-corrected chi connectivity index (χ2v) is 4.23. The maximum Gasteiger partial charge on any atom is 0.0638 e. The number of hydrogen-bond donors (Lipinski definition) is 1. The smallest absolute Gasteiger partial charge is 0.0638 e. The number of ether oxygens (including phenoxy) is 1. The van der Waals surface area contributed by atoms with Crippen molar-refractivity contribution >= 4 is 0 Å². The van der Waals surface area contributed by atoms with Crippen molar-refractivity contribution in [1.29, 1.82) is 5.26 Å². The lowest BCUT2D eigenvalue weighted by molar-refractivity contribution is 0.0374. The van der Waals surface area contributed by atoms with Gasteiger partial charge in [0.15, 0.2) is 0 Å². The van der Waals surface area contributed by atoms with Crippen molar-refractivity contribution in [2.75, 3.05) is 39.4 Å². The fraction of sp³-hybridized carbons (Fsp3) is 0.917. The Bertz CT molecular complexity index is 209. The van der Waals surface area contributed by atoms with Crippen LogP contribution < -0.4 is 5.32 Å². The average molecular weight is 225 g/mol. The van der Waals surface area contributed by atoms with Gasteiger partial charge in [0.25, 0.3) is 0 Å². The van der Waals surface area contributed by atoms with E-state index >= 15 is 0 Å². The van der Waals surface area contributed by atoms with Crippen LogP contribution >= 0.6 is 0 Å². The first-order chi connectivity index (χ1) is 7.86. The van der Waals surface area contributed by atoms with E-state index in [1.54, 1.807) is 0 Å². The summed E-state index contributed by atoms with van der Waals surface area (Å²) < 4.78 is 5.30. The first kappa shape index (κ1) is 13.4. The van der Waals surface area contributed by atoms with Crippen molar-refractivity contribution in [2.24, 2.45) is 0 Å². The molecule has 92 valence electrons. The topological polar surface area (TPSA) is 48.3 Å². The molecule has 1 fully saturated rings. The Kier molecular flexibility index (Phi) is 7.15. The monoisotopic (exact) mass is 225 g/mol. The van der Waals surface area contributed by atoms with Gasteiger partial charge in [0.1, 0.15) is 0 Å². The number of morpholine rings is 1. The lowest BCUT2D eigenvalue weighted by Gasteiger charge is -2.26. The quantitative estimate of drug-likeness (QED) is 0.656. The Hall–Kier alpha value is -0.630. The molecule has 0 saturated carbocycles. The first-order valence-electron chi connectivity index (χ1n) is 6.27. The van der Waals surface area contributed by atoms with Crippen LogP contribution in [0.3, 0.4) is 0 Å². The highest BCUT2D eigenvalue weighted by atomic mass is 16.5. The molecule has 1 atom stereocenters. The van der Waals surface area contributed by atoms with E-state index in [1.165, 1.54) is 0 Å². The van der Waals surface area contributed by atoms with Crippen LogP contribution in [0.1, 0.15) is 26.2 Å². The molecule has 0 amide bonds. The summed E-state index contributed by atoms with van der Waals surface area (Å²) in [6, 6.07) is 2.59. The highest BCUT2D eigenvalue weighted by Gasteiger charge is 2.09. The molecule has 0 aromatic carbocycles. The van der Waals surface area contributed by atoms with Gasteiger partial charge in [0.05, 0.1) is 25.7 Å². The third-order valence-corrected chi connectivity index (χ3v) is 3.02. The predicted octanol–water partition coefficient (Wildman–Crippen LogP) is 0.991. The van der Waals surface area contributed by atoms with Crippen LogP contribution in [0.25, 0.3) is 0 Å². The lowest BCUT2D eigenvalue weighted by Crippen LogP contribution is -2.38. The van der Waals surface area contributed by atoms with E-state index in [2.05, 4.69) is 23.2 Å². The molecule has 0 bridgehead atoms. The highest BCUT2D eigenvalue weighted by Crippen LogP contribution is 1.99. The largest absolute Gasteiger partial charge is 0.379 e. The van der Waals surface area contributed by atoms with E-state index in [0.29, 0.717) is 12.5 Å². The Morgan fingerprint density at radius 2 is 2.19 bits per heavy atom. The van der Waals surface area contributed by atoms with Crippen LogP contribution in [-0.4, -0.2) is 50.3 Å². The molecule has 1 saturated heterocycles. The average Bonchev–Trinajstić information content (AvgIpc) is 2.34. The van der Waals surface area contributed by atoms with E-state index in [-0.39, 0.29) is 0 Å². The van der Waals surface area contributed by atoms with Crippen molar-refractivity contribution in [3.05, 3.63) is 0 Å². The molecule has 0 spiro atoms. The van der Waals surface area contributed by atoms with Crippen molar-refractivity contribution in [1.82, 2.24) is 10.2 Å². The minimum Gasteiger partial charge on any atom is -0.379 e. The fourth-order valence-corrected chi connectivity index (χ4v) is 1.90. The zero-order valence-corrected chi connectivity index (χ0v) is 10.2. The molecule has 4 heteroatoms. The Morgan fingerprint density at radius 1 is 1.44 bits per heavy atom. The van der Waals surface area contributed by atoms with Crippen molar-refractivity contribution in [3.8, 4) is 6.07 Å². The van der Waals surface area contributed by atoms with E-state index in [4.69, 9.17) is 10.00 Å². The van der Waals surface area contributed by atoms with Crippen LogP contribution in [0.2, 0.25) is 0 Å². The molecule has 16 heavy (non-hydrogen) atoms. The normalized spacial score (nSPS) is 19.2. The number of nitriles is 1. The number of nitrogens with one attached hydrogen (secondary N) is 1. The van der Waals surface area contributed by atoms with Crippen molar-refractivity contribution in [2.45, 2.75) is 32.2 Å². The lowest BCUT2D eigenvalue weighted by atomic mass is 10.1. The van der Waals surface area contributed by atoms with Crippen LogP contribution in [0.5, 0.6) is 0 Å². The van der Waals surface area contributed by atoms with Crippen LogP contribution in [0.15, 0.2) is 0 Å². The number of hydrogen-bond acceptors (Lipinski definition) is 4. The van der Waals surface area contributed by atoms with E-state index in [0.717, 1.165) is 52.2 Å². The number of rotatable bonds is 7. The molecule has 1 aliphatic rings. The zero-order valence-electron chi connectivity index (χ0n) is 10.2. The van der Waals surface area contributed by atoms with E-state index in [9.17, 15) is 0 Å². The molecule has 0 radical (unpaired) electrons. The maximum absolute atomic E-state index is 8.62. The third-order valence-electron chi connectivity index (χ3n) is 3.02. The molecule has 1 heterocycles. The van der Waals surface area contributed by atoms with E-state index < -0.39 is 0 Å². The fourth-order valence-electron chi connectivity index (χ4n) is 1.90. The van der Waals surface area contributed by atoms with Crippen molar-refractivity contribution in [3.63, 3.8) is 0 Å². The molecule has 0 aliphatic carbocycles. The van der Waals surface area contributed by atoms with Gasteiger partial charge in [-0.3, -0.25) is 4.90 Å². The second kappa shape index (κ2) is 8.51. The number of nitrogens with zero attached hydrogens (tertiary/aromatic N) is 2. The molecular formula is C12H23N3O. The van der Waals surface area contributed by atoms with Gasteiger partial charge in [-0.15, -0.1) is 0 Å². The summed E-state index contributed by atoms with van der Waals surface area (Å²) in [4.78, 5) is 2.44. The maximum atomic E-state index is 8.62. The standard InChI is InChI=1S/C12H23N3O/c1-2-12(4-5-13)14-6-3-7-15-8-10-16-11-9-15/h12,14H,2-4,6-11H2,1H3. The zero-order chi connectivity index (χ0) is 11.6. The van der Waals surface area contributed by atoms with Gasteiger partial charge >= 0.3 is 0 Å². The molecule has 4 nitrogen and oxygen atoms in total. The van der Waals surface area contributed by atoms with Crippen LogP contribution in [0.4, 0.5) is 0 Å². The molecule has 1 N–H and O–H groups in total. The van der Waals surface area contributed by atoms with Gasteiger partial charge in [-0.2, -0.15) is 5.26 Å². The Balaban J connectivity index is 1.99. The summed E-state index contributed by atoms with van der Waals surface area (Å²) in [5.41, 5.74) is 0. The molecule has 0 aromatic rings. The summed E-state index contributed by atoms with van der Waals surface area (Å²) in [6.07, 6.45) is 2.81. The van der Waals surface area contributed by atoms with Gasteiger partial charge in [-0.05, 0) is 25.9 Å². The summed E-state index contributed by atoms with van der Waals surface area (Å²) in [7, 11) is 0. The van der Waals surface area contributed by atoms with Gasteiger partial charge in [0, 0.05) is 19.1 Å². The first-order valence-corrected chi connectivity index (χ1v) is 6.27. The second-order valence-electron chi connectivity index (χ2n) is 4.23. The van der Waals surface area contributed by atoms with Gasteiger partial charge in [-0.25, -0.2) is 0 Å². The highest BCUT2D eigenvalue weighted by molar-refractivity contribution is 4.79. The molecule has 1 rings (SSSR count). The van der Waals surface area contributed by atoms with Crippen molar-refractivity contribution < 1.29 is 4.74 Å². The van der Waals surface area contributed by atoms with E-state index in [1.807, 2.05) is 0 Å². The summed E-state index contributed by atoms with van der Waals surface area (Å²) in [6.45, 7) is 8.15. The minimum atomic E-state index is 0.370. The summed E-state index contributed by atoms with van der Waals surface area (Å²) in [5.74, 6) is 0. The summed E-state index contributed by atoms with van der Waals surface area (Å²) in [5, 5.41) is 12.0. The Morgan fingerprint density at radius 3 is 2.81 bits per heavy atom. The molecular weight excluding hydrogens is 202 g/mol. The van der Waals surface area contributed by atoms with Gasteiger partial charge < -0.3 is 10.1 Å². The SMILES string of the molecule is CCC(CC#N)NCCCN1CCOCC1. The molecule has 1 unspecified atom stereocenters. The third kappa shape index (κ3) is 5.45. The van der Waals surface area contributed by atoms with Crippen LogP contribution in [-0.2, 0) is 4.74 Å².